The molecule has 0 bridgehead atoms. The summed E-state index contributed by atoms with van der Waals surface area (Å²) in [4.78, 5) is 2.11. The Morgan fingerprint density at radius 2 is 2.10 bits per heavy atom. The Labute approximate surface area is 119 Å². The van der Waals surface area contributed by atoms with Crippen LogP contribution >= 0.6 is 0 Å². The molecule has 0 atom stereocenters. The van der Waals surface area contributed by atoms with Gasteiger partial charge in [-0.25, -0.2) is 13.6 Å². The molecule has 0 aliphatic heterocycles. The van der Waals surface area contributed by atoms with Crippen LogP contribution in [0.25, 0.3) is 0 Å². The fourth-order valence-electron chi connectivity index (χ4n) is 2.34. The van der Waals surface area contributed by atoms with Gasteiger partial charge < -0.3 is 10.6 Å². The van der Waals surface area contributed by atoms with E-state index in [-0.39, 0.29) is 4.90 Å². The third-order valence-electron chi connectivity index (χ3n) is 3.42. The van der Waals surface area contributed by atoms with E-state index < -0.39 is 10.0 Å². The highest BCUT2D eigenvalue weighted by Gasteiger charge is 2.31. The van der Waals surface area contributed by atoms with E-state index in [0.717, 1.165) is 18.5 Å². The molecule has 20 heavy (non-hydrogen) atoms. The van der Waals surface area contributed by atoms with Gasteiger partial charge in [-0.05, 0) is 37.5 Å². The Morgan fingerprint density at radius 1 is 1.45 bits per heavy atom. The molecule has 2 rings (SSSR count). The maximum Gasteiger partial charge on any atom is 0.238 e. The van der Waals surface area contributed by atoms with Crippen LogP contribution < -0.4 is 15.8 Å². The van der Waals surface area contributed by atoms with E-state index >= 15 is 0 Å². The van der Waals surface area contributed by atoms with Gasteiger partial charge in [0.1, 0.15) is 0 Å². The van der Waals surface area contributed by atoms with Crippen LogP contribution in [0.3, 0.4) is 0 Å². The molecule has 1 aliphatic carbocycles. The number of benzene rings is 1. The average Bonchev–Trinajstić information content (AvgIpc) is 3.16. The zero-order chi connectivity index (χ0) is 14.9. The van der Waals surface area contributed by atoms with Gasteiger partial charge in [0.25, 0.3) is 0 Å². The minimum atomic E-state index is -3.81. The molecule has 0 aromatic heterocycles. The van der Waals surface area contributed by atoms with Gasteiger partial charge in [-0.15, -0.1) is 0 Å². The van der Waals surface area contributed by atoms with Gasteiger partial charge in [0.2, 0.25) is 10.0 Å². The van der Waals surface area contributed by atoms with E-state index in [4.69, 9.17) is 16.1 Å². The summed E-state index contributed by atoms with van der Waals surface area (Å²) >= 11 is 0. The summed E-state index contributed by atoms with van der Waals surface area (Å²) < 4.78 is 23.3. The van der Waals surface area contributed by atoms with Crippen LogP contribution in [-0.4, -0.2) is 21.0 Å². The first-order valence-corrected chi connectivity index (χ1v) is 7.95. The van der Waals surface area contributed by atoms with Gasteiger partial charge in [0, 0.05) is 24.0 Å². The van der Waals surface area contributed by atoms with Crippen LogP contribution in [0.1, 0.15) is 24.8 Å². The van der Waals surface area contributed by atoms with E-state index in [1.165, 1.54) is 6.07 Å². The van der Waals surface area contributed by atoms with Crippen molar-refractivity contribution in [2.75, 3.05) is 17.2 Å². The number of hydrogen-bond donors (Lipinski definition) is 2. The molecular formula is C13H18N4O2S. The Hall–Kier alpha value is -1.78. The number of sulfonamides is 1. The number of rotatable bonds is 5. The van der Waals surface area contributed by atoms with Crippen molar-refractivity contribution in [1.82, 2.24) is 0 Å². The molecule has 4 N–H and O–H groups in total. The van der Waals surface area contributed by atoms with Gasteiger partial charge in [0.05, 0.1) is 17.4 Å². The van der Waals surface area contributed by atoms with Crippen molar-refractivity contribution in [3.05, 3.63) is 17.7 Å². The van der Waals surface area contributed by atoms with Crippen molar-refractivity contribution in [3.8, 4) is 6.07 Å². The Balaban J connectivity index is 2.49. The Kier molecular flexibility index (Phi) is 3.88. The maximum absolute atomic E-state index is 11.6. The highest BCUT2D eigenvalue weighted by atomic mass is 32.2. The maximum atomic E-state index is 11.6. The lowest BCUT2D eigenvalue weighted by Crippen LogP contribution is -2.28. The predicted molar refractivity (Wildman–Crippen MR) is 77.6 cm³/mol. The molecule has 1 aliphatic rings. The smallest absolute Gasteiger partial charge is 0.238 e. The lowest BCUT2D eigenvalue weighted by atomic mass is 10.1. The lowest BCUT2D eigenvalue weighted by Gasteiger charge is -2.26. The van der Waals surface area contributed by atoms with Crippen LogP contribution in [0.2, 0.25) is 0 Å². The van der Waals surface area contributed by atoms with Crippen molar-refractivity contribution in [1.29, 1.82) is 5.26 Å². The standard InChI is InChI=1S/C13H18N4O2S/c1-9-12(17(6-2-5-14)11-3-4-11)7-10(15)8-13(9)20(16,18)19/h7-8,11H,2-4,6,15H2,1H3,(H2,16,18,19). The van der Waals surface area contributed by atoms with Gasteiger partial charge in [-0.1, -0.05) is 0 Å². The molecular weight excluding hydrogens is 276 g/mol. The minimum Gasteiger partial charge on any atom is -0.399 e. The summed E-state index contributed by atoms with van der Waals surface area (Å²) in [5.74, 6) is 0. The molecule has 0 spiro atoms. The van der Waals surface area contributed by atoms with E-state index in [0.29, 0.717) is 30.3 Å². The first-order valence-electron chi connectivity index (χ1n) is 6.41. The molecule has 1 saturated carbocycles. The van der Waals surface area contributed by atoms with Crippen LogP contribution in [0.15, 0.2) is 17.0 Å². The Morgan fingerprint density at radius 3 is 2.60 bits per heavy atom. The van der Waals surface area contributed by atoms with Crippen molar-refractivity contribution < 1.29 is 8.42 Å². The highest BCUT2D eigenvalue weighted by Crippen LogP contribution is 2.36. The second kappa shape index (κ2) is 5.31. The number of hydrogen-bond acceptors (Lipinski definition) is 5. The normalized spacial score (nSPS) is 14.8. The molecule has 0 unspecified atom stereocenters. The summed E-state index contributed by atoms with van der Waals surface area (Å²) in [6.45, 7) is 2.28. The molecule has 1 aromatic carbocycles. The largest absolute Gasteiger partial charge is 0.399 e. The monoisotopic (exact) mass is 294 g/mol. The summed E-state index contributed by atoms with van der Waals surface area (Å²) in [5, 5.41) is 14.0. The van der Waals surface area contributed by atoms with Crippen molar-refractivity contribution >= 4 is 21.4 Å². The number of anilines is 2. The van der Waals surface area contributed by atoms with Crippen LogP contribution in [0, 0.1) is 18.3 Å². The number of nitrogen functional groups attached to an aromatic ring is 1. The molecule has 108 valence electrons. The second-order valence-electron chi connectivity index (χ2n) is 5.04. The number of nitrogens with two attached hydrogens (primary N) is 2. The van der Waals surface area contributed by atoms with Gasteiger partial charge in [-0.2, -0.15) is 5.26 Å². The topological polar surface area (TPSA) is 113 Å². The first kappa shape index (κ1) is 14.6. The summed E-state index contributed by atoms with van der Waals surface area (Å²) in [7, 11) is -3.81. The van der Waals surface area contributed by atoms with E-state index in [1.807, 2.05) is 0 Å². The summed E-state index contributed by atoms with van der Waals surface area (Å²) in [6.07, 6.45) is 2.48. The molecule has 1 aromatic rings. The lowest BCUT2D eigenvalue weighted by molar-refractivity contribution is 0.597. The van der Waals surface area contributed by atoms with Crippen molar-refractivity contribution in [2.24, 2.45) is 5.14 Å². The SMILES string of the molecule is Cc1c(N(CCC#N)C2CC2)cc(N)cc1S(N)(=O)=O. The van der Waals surface area contributed by atoms with E-state index in [9.17, 15) is 8.42 Å². The second-order valence-corrected chi connectivity index (χ2v) is 6.57. The zero-order valence-electron chi connectivity index (χ0n) is 11.3. The van der Waals surface area contributed by atoms with Gasteiger partial charge in [-0.3, -0.25) is 0 Å². The number of primary sulfonamides is 1. The fourth-order valence-corrected chi connectivity index (χ4v) is 3.18. The highest BCUT2D eigenvalue weighted by molar-refractivity contribution is 7.89. The Bertz CT molecular complexity index is 660. The first-order chi connectivity index (χ1) is 9.34. The van der Waals surface area contributed by atoms with E-state index in [1.54, 1.807) is 13.0 Å². The molecule has 6 nitrogen and oxygen atoms in total. The van der Waals surface area contributed by atoms with Gasteiger partial charge in [0.15, 0.2) is 0 Å². The van der Waals surface area contributed by atoms with E-state index in [2.05, 4.69) is 11.0 Å². The van der Waals surface area contributed by atoms with Crippen molar-refractivity contribution in [3.63, 3.8) is 0 Å². The molecule has 0 heterocycles. The van der Waals surface area contributed by atoms with Crippen LogP contribution in [-0.2, 0) is 10.0 Å². The third kappa shape index (κ3) is 3.03. The molecule has 1 fully saturated rings. The summed E-state index contributed by atoms with van der Waals surface area (Å²) in [6, 6.07) is 5.60. The quantitative estimate of drug-likeness (QED) is 0.790. The molecule has 0 radical (unpaired) electrons. The zero-order valence-corrected chi connectivity index (χ0v) is 12.2. The molecule has 0 amide bonds. The fraction of sp³-hybridized carbons (Fsp3) is 0.462. The third-order valence-corrected chi connectivity index (χ3v) is 4.46. The van der Waals surface area contributed by atoms with Crippen LogP contribution in [0.4, 0.5) is 11.4 Å². The molecule has 7 heteroatoms. The number of nitrogens with zero attached hydrogens (tertiary/aromatic N) is 2. The van der Waals surface area contributed by atoms with Crippen molar-refractivity contribution in [2.45, 2.75) is 37.1 Å². The van der Waals surface area contributed by atoms with Gasteiger partial charge >= 0.3 is 0 Å². The average molecular weight is 294 g/mol. The number of nitriles is 1. The summed E-state index contributed by atoms with van der Waals surface area (Å²) in [5.41, 5.74) is 7.50. The minimum absolute atomic E-state index is 0.0510. The predicted octanol–water partition coefficient (Wildman–Crippen LogP) is 1.11. The van der Waals surface area contributed by atoms with Crippen LogP contribution in [0.5, 0.6) is 0 Å². The molecule has 0 saturated heterocycles.